The van der Waals surface area contributed by atoms with Gasteiger partial charge in [-0.05, 0) is 79.2 Å². The van der Waals surface area contributed by atoms with Crippen LogP contribution < -0.4 is 4.74 Å². The maximum Gasteiger partial charge on any atom is 0.415 e. The Bertz CT molecular complexity index is 1150. The Morgan fingerprint density at radius 1 is 1.34 bits per heavy atom. The molecule has 186 valence electrons. The third kappa shape index (κ3) is 4.64. The van der Waals surface area contributed by atoms with Crippen molar-refractivity contribution >= 4 is 30.3 Å². The zero-order valence-electron chi connectivity index (χ0n) is 21.0. The number of aliphatic hydroxyl groups is 1. The van der Waals surface area contributed by atoms with Crippen LogP contribution in [0.3, 0.4) is 0 Å². The van der Waals surface area contributed by atoms with E-state index in [1.807, 2.05) is 26.8 Å². The van der Waals surface area contributed by atoms with Gasteiger partial charge in [0.15, 0.2) is 0 Å². The summed E-state index contributed by atoms with van der Waals surface area (Å²) in [6.45, 7) is 12.0. The number of carbonyl (C=O) groups excluding carboxylic acids is 1. The summed E-state index contributed by atoms with van der Waals surface area (Å²) in [5, 5.41) is 12.4. The van der Waals surface area contributed by atoms with Crippen molar-refractivity contribution in [1.82, 2.24) is 9.88 Å². The molecule has 8 heteroatoms. The summed E-state index contributed by atoms with van der Waals surface area (Å²) in [6.07, 6.45) is 5.18. The summed E-state index contributed by atoms with van der Waals surface area (Å²) in [4.78, 5) is 23.3. The van der Waals surface area contributed by atoms with E-state index in [2.05, 4.69) is 27.3 Å². The lowest BCUT2D eigenvalue weighted by Crippen LogP contribution is -2.54. The van der Waals surface area contributed by atoms with Gasteiger partial charge >= 0.3 is 11.3 Å². The quantitative estimate of drug-likeness (QED) is 0.103. The van der Waals surface area contributed by atoms with Crippen molar-refractivity contribution in [3.05, 3.63) is 54.2 Å². The average molecular weight is 493 g/mol. The van der Waals surface area contributed by atoms with Crippen LogP contribution in [0.2, 0.25) is 18.1 Å². The van der Waals surface area contributed by atoms with E-state index in [1.165, 1.54) is 0 Å². The van der Waals surface area contributed by atoms with Gasteiger partial charge in [0.25, 0.3) is 0 Å². The van der Waals surface area contributed by atoms with Crippen LogP contribution in [0.15, 0.2) is 43.1 Å². The number of hydrogen-bond donors (Lipinski definition) is 1. The SMILES string of the molecule is C=C[C@H]1CN2CC[C@H]1C[C@H]2[C@H](O)c1ccnc2ccc(OC(=O)C(=[N+]=[N-])[Si](CC)(CC)CC)cc12. The monoisotopic (exact) mass is 492 g/mol. The molecule has 1 aromatic heterocycles. The van der Waals surface area contributed by atoms with E-state index in [-0.39, 0.29) is 11.4 Å². The van der Waals surface area contributed by atoms with E-state index in [0.29, 0.717) is 17.6 Å². The first-order valence-corrected chi connectivity index (χ1v) is 15.4. The van der Waals surface area contributed by atoms with Gasteiger partial charge in [-0.3, -0.25) is 9.88 Å². The Balaban J connectivity index is 1.62. The van der Waals surface area contributed by atoms with Crippen molar-refractivity contribution in [2.75, 3.05) is 13.1 Å². The van der Waals surface area contributed by atoms with Crippen molar-refractivity contribution < 1.29 is 19.4 Å². The Morgan fingerprint density at radius 3 is 2.69 bits per heavy atom. The minimum Gasteiger partial charge on any atom is -0.418 e. The minimum atomic E-state index is -2.22. The zero-order valence-corrected chi connectivity index (χ0v) is 22.0. The third-order valence-corrected chi connectivity index (χ3v) is 14.0. The second-order valence-corrected chi connectivity index (χ2v) is 15.1. The largest absolute Gasteiger partial charge is 0.418 e. The summed E-state index contributed by atoms with van der Waals surface area (Å²) < 4.78 is 5.72. The smallest absolute Gasteiger partial charge is 0.415 e. The topological polar surface area (TPSA) is 99.1 Å². The number of rotatable bonds is 9. The molecular weight excluding hydrogens is 456 g/mol. The Morgan fingerprint density at radius 2 is 2.09 bits per heavy atom. The number of aliphatic hydroxyl groups excluding tert-OH is 1. The van der Waals surface area contributed by atoms with Crippen LogP contribution in [0.25, 0.3) is 16.4 Å². The molecule has 2 bridgehead atoms. The minimum absolute atomic E-state index is 0.0418. The molecule has 5 atom stereocenters. The number of benzene rings is 1. The molecule has 3 saturated heterocycles. The van der Waals surface area contributed by atoms with E-state index in [4.69, 9.17) is 4.74 Å². The van der Waals surface area contributed by atoms with Crippen LogP contribution in [0, 0.1) is 11.8 Å². The van der Waals surface area contributed by atoms with E-state index in [0.717, 1.165) is 60.5 Å². The lowest BCUT2D eigenvalue weighted by molar-refractivity contribution is -0.131. The first-order chi connectivity index (χ1) is 16.9. The first kappa shape index (κ1) is 25.4. The normalized spacial score (nSPS) is 24.6. The van der Waals surface area contributed by atoms with Gasteiger partial charge in [0.05, 0.1) is 11.6 Å². The molecular formula is C27H36N4O3Si. The molecule has 0 radical (unpaired) electrons. The predicted molar refractivity (Wildman–Crippen MR) is 140 cm³/mol. The first-order valence-electron chi connectivity index (χ1n) is 12.8. The van der Waals surface area contributed by atoms with Crippen LogP contribution >= 0.6 is 0 Å². The molecule has 3 aliphatic heterocycles. The molecule has 0 amide bonds. The zero-order chi connectivity index (χ0) is 25.2. The number of pyridine rings is 1. The molecule has 7 nitrogen and oxygen atoms in total. The highest BCUT2D eigenvalue weighted by molar-refractivity contribution is 7.13. The number of nitrogens with zero attached hydrogens (tertiary/aromatic N) is 4. The molecule has 1 aromatic carbocycles. The second kappa shape index (κ2) is 10.5. The number of fused-ring (bicyclic) bond motifs is 4. The van der Waals surface area contributed by atoms with Crippen LogP contribution in [0.4, 0.5) is 0 Å². The molecule has 0 aliphatic carbocycles. The van der Waals surface area contributed by atoms with Crippen LogP contribution in [0.1, 0.15) is 45.3 Å². The highest BCUT2D eigenvalue weighted by Crippen LogP contribution is 2.42. The number of carbonyl (C=O) groups is 1. The Kier molecular flexibility index (Phi) is 7.67. The van der Waals surface area contributed by atoms with Gasteiger partial charge in [-0.1, -0.05) is 26.8 Å². The van der Waals surface area contributed by atoms with E-state index < -0.39 is 20.1 Å². The number of aromatic nitrogens is 1. The average Bonchev–Trinajstić information content (AvgIpc) is 2.91. The molecule has 0 spiro atoms. The highest BCUT2D eigenvalue weighted by Gasteiger charge is 2.47. The van der Waals surface area contributed by atoms with Crippen molar-refractivity contribution in [1.29, 1.82) is 0 Å². The summed E-state index contributed by atoms with van der Waals surface area (Å²) in [5.74, 6) is 0.799. The maximum atomic E-state index is 13.1. The maximum absolute atomic E-state index is 13.1. The van der Waals surface area contributed by atoms with Crippen molar-refractivity contribution in [2.45, 2.75) is 63.9 Å². The molecule has 35 heavy (non-hydrogen) atoms. The molecule has 2 aromatic rings. The van der Waals surface area contributed by atoms with Crippen LogP contribution in [0.5, 0.6) is 5.75 Å². The van der Waals surface area contributed by atoms with E-state index >= 15 is 0 Å². The molecule has 0 saturated carbocycles. The Labute approximate surface area is 208 Å². The van der Waals surface area contributed by atoms with E-state index in [1.54, 1.807) is 24.4 Å². The van der Waals surface area contributed by atoms with Gasteiger partial charge in [0.1, 0.15) is 5.75 Å². The second-order valence-electron chi connectivity index (χ2n) is 9.95. The van der Waals surface area contributed by atoms with Gasteiger partial charge in [-0.2, -0.15) is 4.79 Å². The fourth-order valence-electron chi connectivity index (χ4n) is 6.15. The van der Waals surface area contributed by atoms with Gasteiger partial charge in [0, 0.05) is 24.2 Å². The standard InChI is InChI=1S/C27H36N4O3Si/c1-5-18-17-31-14-12-19(18)15-24(31)25(32)21-11-13-29-23-10-9-20(16-22(21)23)34-27(33)26(30-28)35(6-2,7-3)8-4/h5,9-11,13,16,18-19,24-25,32H,1,6-8,12,14-15,17H2,2-4H3/t18-,19-,24-,25+/m0/s1. The molecule has 3 aliphatic rings. The van der Waals surface area contributed by atoms with Crippen LogP contribution in [-0.4, -0.2) is 58.3 Å². The molecule has 1 unspecified atom stereocenters. The Hall–Kier alpha value is -2.64. The fourth-order valence-corrected chi connectivity index (χ4v) is 9.35. The van der Waals surface area contributed by atoms with Crippen molar-refractivity contribution in [3.8, 4) is 5.75 Å². The highest BCUT2D eigenvalue weighted by atomic mass is 28.3. The van der Waals surface area contributed by atoms with Gasteiger partial charge in [0.2, 0.25) is 8.07 Å². The van der Waals surface area contributed by atoms with Crippen LogP contribution in [-0.2, 0) is 4.79 Å². The van der Waals surface area contributed by atoms with Gasteiger partial charge < -0.3 is 15.4 Å². The van der Waals surface area contributed by atoms with Gasteiger partial charge in [-0.25, -0.2) is 4.79 Å². The molecule has 3 fully saturated rings. The van der Waals surface area contributed by atoms with Crippen molar-refractivity contribution in [2.24, 2.45) is 11.8 Å². The fraction of sp³-hybridized carbons (Fsp3) is 0.519. The summed E-state index contributed by atoms with van der Waals surface area (Å²) in [5.41, 5.74) is 11.2. The molecule has 1 N–H and O–H groups in total. The number of hydrogen-bond acceptors (Lipinski definition) is 5. The summed E-state index contributed by atoms with van der Waals surface area (Å²) in [6, 6.07) is 9.58. The lowest BCUT2D eigenvalue weighted by Gasteiger charge is -2.50. The summed E-state index contributed by atoms with van der Waals surface area (Å²) in [7, 11) is -2.22. The number of piperidine rings is 3. The summed E-state index contributed by atoms with van der Waals surface area (Å²) >= 11 is 0. The molecule has 5 rings (SSSR count). The predicted octanol–water partition coefficient (Wildman–Crippen LogP) is 4.79. The number of esters is 1. The number of ether oxygens (including phenoxy) is 1. The van der Waals surface area contributed by atoms with Gasteiger partial charge in [-0.15, -0.1) is 6.58 Å². The molecule has 4 heterocycles. The lowest BCUT2D eigenvalue weighted by atomic mass is 9.73. The van der Waals surface area contributed by atoms with Crippen molar-refractivity contribution in [3.63, 3.8) is 0 Å². The van der Waals surface area contributed by atoms with E-state index in [9.17, 15) is 15.4 Å². The third-order valence-electron chi connectivity index (χ3n) is 8.62.